The van der Waals surface area contributed by atoms with Crippen LogP contribution in [-0.4, -0.2) is 53.6 Å². The van der Waals surface area contributed by atoms with Gasteiger partial charge in [-0.15, -0.1) is 0 Å². The third-order valence-electron chi connectivity index (χ3n) is 3.61. The maximum Gasteiger partial charge on any atom is 0.0594 e. The lowest BCUT2D eigenvalue weighted by Gasteiger charge is -2.29. The Morgan fingerprint density at radius 2 is 2.17 bits per heavy atom. The Kier molecular flexibility index (Phi) is 4.74. The van der Waals surface area contributed by atoms with Crippen LogP contribution in [0.25, 0.3) is 0 Å². The molecule has 0 radical (unpaired) electrons. The predicted molar refractivity (Wildman–Crippen MR) is 71.5 cm³/mol. The molecule has 1 aliphatic heterocycles. The summed E-state index contributed by atoms with van der Waals surface area (Å²) in [7, 11) is 1.98. The van der Waals surface area contributed by atoms with Crippen molar-refractivity contribution in [2.24, 2.45) is 7.05 Å². The Morgan fingerprint density at radius 3 is 2.78 bits per heavy atom. The first-order valence-corrected chi connectivity index (χ1v) is 6.68. The van der Waals surface area contributed by atoms with E-state index in [2.05, 4.69) is 29.2 Å². The van der Waals surface area contributed by atoms with E-state index in [1.165, 1.54) is 11.3 Å². The second-order valence-corrected chi connectivity index (χ2v) is 5.07. The highest BCUT2D eigenvalue weighted by Gasteiger charge is 2.13. The average Bonchev–Trinajstić information content (AvgIpc) is 2.69. The fourth-order valence-electron chi connectivity index (χ4n) is 2.24. The lowest BCUT2D eigenvalue weighted by Crippen LogP contribution is -2.44. The van der Waals surface area contributed by atoms with Crippen LogP contribution in [0.3, 0.4) is 0 Å². The summed E-state index contributed by atoms with van der Waals surface area (Å²) in [6.07, 6.45) is 1.95. The van der Waals surface area contributed by atoms with E-state index in [-0.39, 0.29) is 0 Å². The first-order chi connectivity index (χ1) is 8.66. The Labute approximate surface area is 109 Å². The highest BCUT2D eigenvalue weighted by molar-refractivity contribution is 5.15. The summed E-state index contributed by atoms with van der Waals surface area (Å²) < 4.78 is 7.28. The highest BCUT2D eigenvalue weighted by Crippen LogP contribution is 2.05. The number of morpholine rings is 1. The van der Waals surface area contributed by atoms with Gasteiger partial charge >= 0.3 is 0 Å². The molecular formula is C13H24N4O. The second kappa shape index (κ2) is 6.31. The number of rotatable bonds is 5. The van der Waals surface area contributed by atoms with Crippen molar-refractivity contribution in [3.8, 4) is 0 Å². The van der Waals surface area contributed by atoms with Crippen molar-refractivity contribution in [3.05, 3.63) is 17.5 Å². The molecule has 1 unspecified atom stereocenters. The summed E-state index contributed by atoms with van der Waals surface area (Å²) in [6.45, 7) is 10.2. The van der Waals surface area contributed by atoms with Crippen LogP contribution in [0, 0.1) is 6.92 Å². The molecule has 1 aromatic rings. The van der Waals surface area contributed by atoms with Crippen LogP contribution in [0.1, 0.15) is 18.2 Å². The smallest absolute Gasteiger partial charge is 0.0594 e. The molecule has 1 N–H and O–H groups in total. The Balaban J connectivity index is 1.74. The summed E-state index contributed by atoms with van der Waals surface area (Å²) >= 11 is 0. The van der Waals surface area contributed by atoms with Gasteiger partial charge in [-0.2, -0.15) is 5.10 Å². The van der Waals surface area contributed by atoms with Gasteiger partial charge in [0.1, 0.15) is 0 Å². The lowest BCUT2D eigenvalue weighted by atomic mass is 10.2. The Morgan fingerprint density at radius 1 is 1.44 bits per heavy atom. The van der Waals surface area contributed by atoms with Crippen molar-refractivity contribution in [1.82, 2.24) is 20.0 Å². The molecule has 5 nitrogen and oxygen atoms in total. The first kappa shape index (κ1) is 13.5. The zero-order valence-corrected chi connectivity index (χ0v) is 11.6. The van der Waals surface area contributed by atoms with Crippen molar-refractivity contribution in [1.29, 1.82) is 0 Å². The first-order valence-electron chi connectivity index (χ1n) is 6.68. The van der Waals surface area contributed by atoms with E-state index in [9.17, 15) is 0 Å². The van der Waals surface area contributed by atoms with E-state index in [0.717, 1.165) is 39.4 Å². The van der Waals surface area contributed by atoms with Crippen molar-refractivity contribution >= 4 is 0 Å². The molecule has 2 rings (SSSR count). The van der Waals surface area contributed by atoms with Gasteiger partial charge in [-0.05, 0) is 13.8 Å². The maximum absolute atomic E-state index is 5.36. The molecule has 2 heterocycles. The molecule has 0 saturated carbocycles. The highest BCUT2D eigenvalue weighted by atomic mass is 16.5. The number of hydrogen-bond donors (Lipinski definition) is 1. The molecule has 0 amide bonds. The molecule has 0 bridgehead atoms. The van der Waals surface area contributed by atoms with Gasteiger partial charge in [0.25, 0.3) is 0 Å². The van der Waals surface area contributed by atoms with E-state index >= 15 is 0 Å². The topological polar surface area (TPSA) is 42.3 Å². The van der Waals surface area contributed by atoms with Gasteiger partial charge in [-0.25, -0.2) is 0 Å². The van der Waals surface area contributed by atoms with Crippen molar-refractivity contribution in [2.75, 3.05) is 32.8 Å². The minimum absolute atomic E-state index is 0.489. The van der Waals surface area contributed by atoms with E-state index in [1.807, 2.05) is 17.9 Å². The zero-order chi connectivity index (χ0) is 13.0. The molecule has 0 aromatic carbocycles. The van der Waals surface area contributed by atoms with Crippen molar-refractivity contribution in [3.63, 3.8) is 0 Å². The van der Waals surface area contributed by atoms with Crippen LogP contribution in [0.2, 0.25) is 0 Å². The molecular weight excluding hydrogens is 228 g/mol. The van der Waals surface area contributed by atoms with Gasteiger partial charge < -0.3 is 10.1 Å². The molecule has 1 aliphatic rings. The maximum atomic E-state index is 5.36. The minimum atomic E-state index is 0.489. The monoisotopic (exact) mass is 252 g/mol. The van der Waals surface area contributed by atoms with Gasteiger partial charge in [0, 0.05) is 50.5 Å². The van der Waals surface area contributed by atoms with Gasteiger partial charge in [0.05, 0.1) is 19.4 Å². The molecule has 5 heteroatoms. The average molecular weight is 252 g/mol. The molecule has 102 valence electrons. The van der Waals surface area contributed by atoms with Crippen LogP contribution >= 0.6 is 0 Å². The van der Waals surface area contributed by atoms with Crippen molar-refractivity contribution < 1.29 is 4.74 Å². The number of ether oxygens (including phenoxy) is 1. The fourth-order valence-corrected chi connectivity index (χ4v) is 2.24. The Bertz CT molecular complexity index is 371. The molecule has 0 aliphatic carbocycles. The van der Waals surface area contributed by atoms with Gasteiger partial charge in [0.15, 0.2) is 0 Å². The van der Waals surface area contributed by atoms with E-state index < -0.39 is 0 Å². The number of nitrogens with one attached hydrogen (secondary N) is 1. The molecule has 0 spiro atoms. The molecule has 18 heavy (non-hydrogen) atoms. The second-order valence-electron chi connectivity index (χ2n) is 5.07. The van der Waals surface area contributed by atoms with Crippen LogP contribution in [0.15, 0.2) is 6.20 Å². The summed E-state index contributed by atoms with van der Waals surface area (Å²) in [6, 6.07) is 0.489. The lowest BCUT2D eigenvalue weighted by molar-refractivity contribution is 0.0343. The summed E-state index contributed by atoms with van der Waals surface area (Å²) in [4.78, 5) is 2.46. The Hall–Kier alpha value is -0.910. The minimum Gasteiger partial charge on any atom is -0.379 e. The van der Waals surface area contributed by atoms with Crippen LogP contribution in [-0.2, 0) is 18.3 Å². The van der Waals surface area contributed by atoms with E-state index in [0.29, 0.717) is 6.04 Å². The standard InChI is InChI=1S/C13H24N4O/c1-11(10-17-4-6-18-7-5-17)14-8-13-9-15-16(3)12(13)2/h9,11,14H,4-8,10H2,1-3H3. The zero-order valence-electron chi connectivity index (χ0n) is 11.6. The van der Waals surface area contributed by atoms with Gasteiger partial charge in [0.2, 0.25) is 0 Å². The third kappa shape index (κ3) is 3.54. The summed E-state index contributed by atoms with van der Waals surface area (Å²) in [5.74, 6) is 0. The number of nitrogens with zero attached hydrogens (tertiary/aromatic N) is 3. The summed E-state index contributed by atoms with van der Waals surface area (Å²) in [5, 5.41) is 7.82. The quantitative estimate of drug-likeness (QED) is 0.830. The molecule has 1 atom stereocenters. The van der Waals surface area contributed by atoms with Crippen LogP contribution < -0.4 is 5.32 Å². The molecule has 1 saturated heterocycles. The van der Waals surface area contributed by atoms with Crippen LogP contribution in [0.5, 0.6) is 0 Å². The summed E-state index contributed by atoms with van der Waals surface area (Å²) in [5.41, 5.74) is 2.52. The number of aryl methyl sites for hydroxylation is 1. The largest absolute Gasteiger partial charge is 0.379 e. The van der Waals surface area contributed by atoms with E-state index in [1.54, 1.807) is 0 Å². The normalized spacial score (nSPS) is 19.1. The van der Waals surface area contributed by atoms with Crippen LogP contribution in [0.4, 0.5) is 0 Å². The van der Waals surface area contributed by atoms with Gasteiger partial charge in [-0.1, -0.05) is 0 Å². The van der Waals surface area contributed by atoms with Crippen molar-refractivity contribution in [2.45, 2.75) is 26.4 Å². The molecule has 1 aromatic heterocycles. The third-order valence-corrected chi connectivity index (χ3v) is 3.61. The fraction of sp³-hybridized carbons (Fsp3) is 0.769. The SMILES string of the molecule is Cc1c(CNC(C)CN2CCOCC2)cnn1C. The predicted octanol–water partition coefficient (Wildman–Crippen LogP) is 0.539. The van der Waals surface area contributed by atoms with E-state index in [4.69, 9.17) is 4.74 Å². The number of aromatic nitrogens is 2. The van der Waals surface area contributed by atoms with Gasteiger partial charge in [-0.3, -0.25) is 9.58 Å². The molecule has 1 fully saturated rings. The number of hydrogen-bond acceptors (Lipinski definition) is 4.